The molecule has 1 aromatic carbocycles. The average molecular weight is 375 g/mol. The molecule has 0 bridgehead atoms. The van der Waals surface area contributed by atoms with Gasteiger partial charge in [-0.25, -0.2) is 0 Å². The molecule has 1 aliphatic rings. The van der Waals surface area contributed by atoms with Gasteiger partial charge in [-0.05, 0) is 42.5 Å². The monoisotopic (exact) mass is 374 g/mol. The van der Waals surface area contributed by atoms with Crippen LogP contribution in [0.2, 0.25) is 18.1 Å². The minimum Gasteiger partial charge on any atom is -0.395 e. The van der Waals surface area contributed by atoms with Gasteiger partial charge in [0.05, 0.1) is 0 Å². The summed E-state index contributed by atoms with van der Waals surface area (Å²) in [6.07, 6.45) is 4.65. The van der Waals surface area contributed by atoms with E-state index in [1.54, 1.807) is 0 Å². The van der Waals surface area contributed by atoms with Crippen LogP contribution in [0.25, 0.3) is 0 Å². The minimum atomic E-state index is -2.07. The van der Waals surface area contributed by atoms with Crippen LogP contribution < -0.4 is 4.57 Å². The number of benzene rings is 1. The summed E-state index contributed by atoms with van der Waals surface area (Å²) < 4.78 is 2.04. The van der Waals surface area contributed by atoms with E-state index in [1.807, 2.05) is 11.5 Å². The Morgan fingerprint density at radius 3 is 2.42 bits per heavy atom. The molecule has 26 heavy (non-hydrogen) atoms. The van der Waals surface area contributed by atoms with Gasteiger partial charge in [0, 0.05) is 11.3 Å². The molecule has 1 heterocycles. The van der Waals surface area contributed by atoms with Gasteiger partial charge in [-0.2, -0.15) is 0 Å². The van der Waals surface area contributed by atoms with Crippen molar-refractivity contribution in [3.63, 3.8) is 0 Å². The van der Waals surface area contributed by atoms with Crippen LogP contribution in [-0.4, -0.2) is 26.5 Å². The molecule has 0 atom stereocenters. The first-order valence-corrected chi connectivity index (χ1v) is 12.8. The Hall–Kier alpha value is -1.62. The largest absolute Gasteiger partial charge is 0.395 e. The molecule has 1 amide bonds. The number of hydrogen-bond donors (Lipinski definition) is 0. The molecule has 0 saturated heterocycles. The van der Waals surface area contributed by atoms with E-state index in [2.05, 4.69) is 64.1 Å². The molecular formula is C21H34N2O2Si. The molecule has 2 rings (SSSR count). The van der Waals surface area contributed by atoms with E-state index in [4.69, 9.17) is 4.84 Å². The quantitative estimate of drug-likeness (QED) is 0.359. The zero-order chi connectivity index (χ0) is 19.5. The van der Waals surface area contributed by atoms with Crippen molar-refractivity contribution >= 4 is 25.5 Å². The maximum absolute atomic E-state index is 13.3. The predicted molar refractivity (Wildman–Crippen MR) is 113 cm³/mol. The summed E-state index contributed by atoms with van der Waals surface area (Å²) >= 11 is 0. The lowest BCUT2D eigenvalue weighted by molar-refractivity contribution is -0.111. The van der Waals surface area contributed by atoms with Gasteiger partial charge in [-0.1, -0.05) is 64.9 Å². The molecule has 5 heteroatoms. The van der Waals surface area contributed by atoms with E-state index in [-0.39, 0.29) is 10.9 Å². The van der Waals surface area contributed by atoms with E-state index in [0.29, 0.717) is 12.3 Å². The summed E-state index contributed by atoms with van der Waals surface area (Å²) in [6, 6.07) is 6.43. The van der Waals surface area contributed by atoms with Crippen LogP contribution in [-0.2, 0) is 16.1 Å². The topological polar surface area (TPSA) is 41.9 Å². The number of nitrogens with zero attached hydrogens (tertiary/aromatic N) is 2. The molecule has 0 aliphatic carbocycles. The second-order valence-electron chi connectivity index (χ2n) is 8.62. The van der Waals surface area contributed by atoms with Crippen molar-refractivity contribution < 1.29 is 9.63 Å². The van der Waals surface area contributed by atoms with Gasteiger partial charge in [-0.15, -0.1) is 0 Å². The fourth-order valence-corrected chi connectivity index (χ4v) is 5.22. The van der Waals surface area contributed by atoms with Gasteiger partial charge in [0.15, 0.2) is 13.9 Å². The Labute approximate surface area is 159 Å². The SMILES string of the molecule is CCCCCc1ccc2c(c1)/C(=N/OCC)C(=O)N2[Si](C)(C)C(C)(C)C. The number of aryl methyl sites for hydroxylation is 1. The Bertz CT molecular complexity index is 690. The number of carbonyl (C=O) groups is 1. The number of oxime groups is 1. The van der Waals surface area contributed by atoms with Crippen LogP contribution in [0.1, 0.15) is 65.0 Å². The zero-order valence-corrected chi connectivity index (χ0v) is 18.5. The second-order valence-corrected chi connectivity index (χ2v) is 13.7. The highest BCUT2D eigenvalue weighted by Crippen LogP contribution is 2.44. The summed E-state index contributed by atoms with van der Waals surface area (Å²) in [5, 5.41) is 4.25. The number of fused-ring (bicyclic) bond motifs is 1. The van der Waals surface area contributed by atoms with Crippen LogP contribution in [0.3, 0.4) is 0 Å². The van der Waals surface area contributed by atoms with Crippen molar-refractivity contribution in [2.24, 2.45) is 5.16 Å². The smallest absolute Gasteiger partial charge is 0.273 e. The highest BCUT2D eigenvalue weighted by molar-refractivity contribution is 6.90. The van der Waals surface area contributed by atoms with Gasteiger partial charge >= 0.3 is 0 Å². The number of hydrogen-bond acceptors (Lipinski definition) is 3. The van der Waals surface area contributed by atoms with Crippen LogP contribution in [0.15, 0.2) is 23.4 Å². The Kier molecular flexibility index (Phi) is 6.32. The van der Waals surface area contributed by atoms with E-state index in [1.165, 1.54) is 24.8 Å². The third-order valence-electron chi connectivity index (χ3n) is 5.71. The molecule has 0 aromatic heterocycles. The zero-order valence-electron chi connectivity index (χ0n) is 17.5. The first-order chi connectivity index (χ1) is 12.1. The summed E-state index contributed by atoms with van der Waals surface area (Å²) in [4.78, 5) is 18.6. The van der Waals surface area contributed by atoms with Crippen molar-refractivity contribution in [1.82, 2.24) is 0 Å². The van der Waals surface area contributed by atoms with Crippen molar-refractivity contribution in [3.05, 3.63) is 29.3 Å². The van der Waals surface area contributed by atoms with Gasteiger partial charge in [0.25, 0.3) is 5.91 Å². The van der Waals surface area contributed by atoms with E-state index in [0.717, 1.165) is 17.7 Å². The second kappa shape index (κ2) is 7.95. The van der Waals surface area contributed by atoms with Crippen LogP contribution in [0.4, 0.5) is 5.69 Å². The number of unbranched alkanes of at least 4 members (excludes halogenated alkanes) is 2. The van der Waals surface area contributed by atoms with Crippen molar-refractivity contribution in [2.45, 2.75) is 78.4 Å². The minimum absolute atomic E-state index is 0.00856. The van der Waals surface area contributed by atoms with Crippen LogP contribution >= 0.6 is 0 Å². The summed E-state index contributed by atoms with van der Waals surface area (Å²) in [7, 11) is -2.07. The molecule has 1 aromatic rings. The van der Waals surface area contributed by atoms with E-state index in [9.17, 15) is 4.79 Å². The lowest BCUT2D eigenvalue weighted by atomic mass is 10.0. The molecule has 0 N–H and O–H groups in total. The normalized spacial score (nSPS) is 16.3. The third kappa shape index (κ3) is 3.87. The molecule has 0 fully saturated rings. The van der Waals surface area contributed by atoms with Gasteiger partial charge < -0.3 is 9.40 Å². The lowest BCUT2D eigenvalue weighted by Crippen LogP contribution is -2.57. The Morgan fingerprint density at radius 1 is 1.15 bits per heavy atom. The molecule has 144 valence electrons. The Morgan fingerprint density at radius 2 is 1.85 bits per heavy atom. The molecular weight excluding hydrogens is 340 g/mol. The summed E-state index contributed by atoms with van der Waals surface area (Å²) in [5.41, 5.74) is 3.66. The Balaban J connectivity index is 2.50. The summed E-state index contributed by atoms with van der Waals surface area (Å²) in [6.45, 7) is 15.8. The highest BCUT2D eigenvalue weighted by Gasteiger charge is 2.49. The standard InChI is InChI=1S/C21H34N2O2Si/c1-8-10-11-12-16-13-14-18-17(15-16)19(22-25-9-2)20(24)23(18)26(6,7)21(3,4)5/h13-15H,8-12H2,1-7H3/b22-19-. The maximum Gasteiger partial charge on any atom is 0.273 e. The van der Waals surface area contributed by atoms with E-state index < -0.39 is 8.24 Å². The van der Waals surface area contributed by atoms with Crippen molar-refractivity contribution in [2.75, 3.05) is 11.2 Å². The fourth-order valence-electron chi connectivity index (χ4n) is 3.14. The third-order valence-corrected chi connectivity index (χ3v) is 10.9. The van der Waals surface area contributed by atoms with Gasteiger partial charge in [0.2, 0.25) is 0 Å². The van der Waals surface area contributed by atoms with Crippen molar-refractivity contribution in [3.8, 4) is 0 Å². The molecule has 1 aliphatic heterocycles. The molecule has 0 spiro atoms. The molecule has 4 nitrogen and oxygen atoms in total. The summed E-state index contributed by atoms with van der Waals surface area (Å²) in [5.74, 6) is -0.00856. The first-order valence-electron chi connectivity index (χ1n) is 9.83. The van der Waals surface area contributed by atoms with Crippen LogP contribution in [0, 0.1) is 0 Å². The highest BCUT2D eigenvalue weighted by atomic mass is 28.3. The molecule has 0 unspecified atom stereocenters. The maximum atomic E-state index is 13.3. The fraction of sp³-hybridized carbons (Fsp3) is 0.619. The van der Waals surface area contributed by atoms with E-state index >= 15 is 0 Å². The molecule has 0 radical (unpaired) electrons. The predicted octanol–water partition coefficient (Wildman–Crippen LogP) is 5.51. The number of rotatable bonds is 7. The van der Waals surface area contributed by atoms with Gasteiger partial charge in [0.1, 0.15) is 6.61 Å². The number of amides is 1. The van der Waals surface area contributed by atoms with Crippen molar-refractivity contribution in [1.29, 1.82) is 0 Å². The number of anilines is 1. The lowest BCUT2D eigenvalue weighted by Gasteiger charge is -2.43. The van der Waals surface area contributed by atoms with Gasteiger partial charge in [-0.3, -0.25) is 4.79 Å². The van der Waals surface area contributed by atoms with Crippen LogP contribution in [0.5, 0.6) is 0 Å². The first kappa shape index (κ1) is 20.7. The molecule has 0 saturated carbocycles. The average Bonchev–Trinajstić information content (AvgIpc) is 2.83. The number of carbonyl (C=O) groups excluding carboxylic acids is 1.